The molecule has 1 aromatic carbocycles. The van der Waals surface area contributed by atoms with Crippen LogP contribution in [0.15, 0.2) is 29.2 Å². The van der Waals surface area contributed by atoms with Gasteiger partial charge in [-0.2, -0.15) is 0 Å². The lowest BCUT2D eigenvalue weighted by Gasteiger charge is -2.16. The number of hydrogen-bond donors (Lipinski definition) is 1. The molecule has 0 aliphatic rings. The summed E-state index contributed by atoms with van der Waals surface area (Å²) in [5.41, 5.74) is 1.07. The second-order valence-electron chi connectivity index (χ2n) is 5.08. The third kappa shape index (κ3) is 5.39. The maximum atomic E-state index is 12.0. The average molecular weight is 314 g/mol. The van der Waals surface area contributed by atoms with Crippen LogP contribution in [-0.2, 0) is 14.8 Å². The lowest BCUT2D eigenvalue weighted by molar-refractivity contribution is 0.144. The second kappa shape index (κ2) is 8.48. The van der Waals surface area contributed by atoms with Crippen molar-refractivity contribution in [2.45, 2.75) is 31.2 Å². The van der Waals surface area contributed by atoms with E-state index < -0.39 is 10.0 Å². The third-order valence-corrected chi connectivity index (χ3v) is 5.11. The average Bonchev–Trinajstić information content (AvgIpc) is 2.46. The van der Waals surface area contributed by atoms with Crippen molar-refractivity contribution in [3.05, 3.63) is 29.8 Å². The summed E-state index contributed by atoms with van der Waals surface area (Å²) in [5, 5.41) is 3.40. The lowest BCUT2D eigenvalue weighted by Crippen LogP contribution is -2.23. The summed E-state index contributed by atoms with van der Waals surface area (Å²) in [7, 11) is -0.283. The summed E-state index contributed by atoms with van der Waals surface area (Å²) in [6, 6.07) is 7.21. The quantitative estimate of drug-likeness (QED) is 0.709. The minimum Gasteiger partial charge on any atom is -0.382 e. The van der Waals surface area contributed by atoms with Gasteiger partial charge in [-0.25, -0.2) is 12.7 Å². The molecule has 120 valence electrons. The van der Waals surface area contributed by atoms with Crippen LogP contribution in [0.5, 0.6) is 0 Å². The number of nitrogens with one attached hydrogen (secondary N) is 1. The molecule has 0 aliphatic carbocycles. The summed E-state index contributed by atoms with van der Waals surface area (Å²) in [5.74, 6) is 0. The summed E-state index contributed by atoms with van der Waals surface area (Å²) in [6.07, 6.45) is 0.964. The fourth-order valence-corrected chi connectivity index (χ4v) is 2.80. The number of rotatable bonds is 9. The van der Waals surface area contributed by atoms with E-state index >= 15 is 0 Å². The van der Waals surface area contributed by atoms with E-state index in [1.807, 2.05) is 19.1 Å². The van der Waals surface area contributed by atoms with Crippen LogP contribution in [0.1, 0.15) is 31.9 Å². The van der Waals surface area contributed by atoms with Gasteiger partial charge in [-0.1, -0.05) is 12.1 Å². The Labute approximate surface area is 128 Å². The molecule has 1 atom stereocenters. The van der Waals surface area contributed by atoms with E-state index in [1.165, 1.54) is 18.4 Å². The van der Waals surface area contributed by atoms with Crippen molar-refractivity contribution in [3.63, 3.8) is 0 Å². The van der Waals surface area contributed by atoms with E-state index in [0.717, 1.165) is 31.7 Å². The first kappa shape index (κ1) is 18.1. The highest BCUT2D eigenvalue weighted by atomic mass is 32.2. The maximum absolute atomic E-state index is 12.0. The standard InChI is InChI=1S/C15H26N2O3S/c1-5-20-12-6-11-16-13(2)14-7-9-15(10-8-14)21(18,19)17(3)4/h7-10,13,16H,5-6,11-12H2,1-4H3. The Balaban J connectivity index is 2.58. The molecule has 0 saturated heterocycles. The molecular formula is C15H26N2O3S. The molecule has 0 aromatic heterocycles. The number of benzene rings is 1. The van der Waals surface area contributed by atoms with Gasteiger partial charge in [0.25, 0.3) is 0 Å². The topological polar surface area (TPSA) is 58.6 Å². The van der Waals surface area contributed by atoms with Crippen LogP contribution in [0.2, 0.25) is 0 Å². The molecule has 5 nitrogen and oxygen atoms in total. The SMILES string of the molecule is CCOCCCNC(C)c1ccc(S(=O)(=O)N(C)C)cc1. The van der Waals surface area contributed by atoms with Gasteiger partial charge in [-0.15, -0.1) is 0 Å². The minimum absolute atomic E-state index is 0.183. The molecule has 0 fully saturated rings. The fourth-order valence-electron chi connectivity index (χ4n) is 1.89. The molecule has 1 N–H and O–H groups in total. The molecule has 0 heterocycles. The van der Waals surface area contributed by atoms with Gasteiger partial charge >= 0.3 is 0 Å². The van der Waals surface area contributed by atoms with Gasteiger partial charge in [0.05, 0.1) is 4.90 Å². The molecule has 21 heavy (non-hydrogen) atoms. The molecule has 1 aromatic rings. The van der Waals surface area contributed by atoms with Crippen LogP contribution in [-0.4, -0.2) is 46.6 Å². The zero-order valence-electron chi connectivity index (χ0n) is 13.3. The molecular weight excluding hydrogens is 288 g/mol. The summed E-state index contributed by atoms with van der Waals surface area (Å²) >= 11 is 0. The molecule has 0 spiro atoms. The lowest BCUT2D eigenvalue weighted by atomic mass is 10.1. The van der Waals surface area contributed by atoms with Crippen LogP contribution >= 0.6 is 0 Å². The number of hydrogen-bond acceptors (Lipinski definition) is 4. The van der Waals surface area contributed by atoms with Crippen molar-refractivity contribution in [2.75, 3.05) is 33.9 Å². The Bertz CT molecular complexity index is 512. The first-order valence-electron chi connectivity index (χ1n) is 7.23. The van der Waals surface area contributed by atoms with Gasteiger partial charge in [0, 0.05) is 33.4 Å². The van der Waals surface area contributed by atoms with Gasteiger partial charge in [0.1, 0.15) is 0 Å². The predicted octanol–water partition coefficient (Wildman–Crippen LogP) is 2.01. The largest absolute Gasteiger partial charge is 0.382 e. The Morgan fingerprint density at radius 2 is 1.86 bits per heavy atom. The smallest absolute Gasteiger partial charge is 0.242 e. The maximum Gasteiger partial charge on any atom is 0.242 e. The molecule has 0 amide bonds. The van der Waals surface area contributed by atoms with Crippen molar-refractivity contribution in [2.24, 2.45) is 0 Å². The molecule has 0 saturated carbocycles. The van der Waals surface area contributed by atoms with Gasteiger partial charge in [-0.3, -0.25) is 0 Å². The number of sulfonamides is 1. The van der Waals surface area contributed by atoms with Crippen LogP contribution < -0.4 is 5.32 Å². The van der Waals surface area contributed by atoms with Crippen molar-refractivity contribution in [3.8, 4) is 0 Å². The highest BCUT2D eigenvalue weighted by molar-refractivity contribution is 7.89. The molecule has 6 heteroatoms. The first-order valence-corrected chi connectivity index (χ1v) is 8.67. The summed E-state index contributed by atoms with van der Waals surface area (Å²) in [6.45, 7) is 6.43. The second-order valence-corrected chi connectivity index (χ2v) is 7.23. The zero-order chi connectivity index (χ0) is 15.9. The monoisotopic (exact) mass is 314 g/mol. The Kier molecular flexibility index (Phi) is 7.31. The molecule has 0 radical (unpaired) electrons. The van der Waals surface area contributed by atoms with Crippen LogP contribution in [0.3, 0.4) is 0 Å². The first-order chi connectivity index (χ1) is 9.89. The number of ether oxygens (including phenoxy) is 1. The molecule has 0 bridgehead atoms. The minimum atomic E-state index is -3.35. The Hall–Kier alpha value is -0.950. The molecule has 1 unspecified atom stereocenters. The number of nitrogens with zero attached hydrogens (tertiary/aromatic N) is 1. The van der Waals surface area contributed by atoms with E-state index in [4.69, 9.17) is 4.74 Å². The zero-order valence-corrected chi connectivity index (χ0v) is 14.1. The summed E-state index contributed by atoms with van der Waals surface area (Å²) < 4.78 is 30.5. The van der Waals surface area contributed by atoms with Crippen molar-refractivity contribution >= 4 is 10.0 Å². The predicted molar refractivity (Wildman–Crippen MR) is 84.8 cm³/mol. The van der Waals surface area contributed by atoms with Gasteiger partial charge in [0.2, 0.25) is 10.0 Å². The van der Waals surface area contributed by atoms with Crippen molar-refractivity contribution in [1.29, 1.82) is 0 Å². The van der Waals surface area contributed by atoms with Crippen LogP contribution in [0.4, 0.5) is 0 Å². The Morgan fingerprint density at radius 3 is 2.38 bits per heavy atom. The van der Waals surface area contributed by atoms with Crippen molar-refractivity contribution < 1.29 is 13.2 Å². The van der Waals surface area contributed by atoms with Crippen LogP contribution in [0.25, 0.3) is 0 Å². The highest BCUT2D eigenvalue weighted by Gasteiger charge is 2.17. The summed E-state index contributed by atoms with van der Waals surface area (Å²) in [4.78, 5) is 0.319. The van der Waals surface area contributed by atoms with Crippen LogP contribution in [0, 0.1) is 0 Å². The van der Waals surface area contributed by atoms with E-state index in [9.17, 15) is 8.42 Å². The van der Waals surface area contributed by atoms with Gasteiger partial charge in [-0.05, 0) is 44.5 Å². The van der Waals surface area contributed by atoms with E-state index in [-0.39, 0.29) is 6.04 Å². The van der Waals surface area contributed by atoms with E-state index in [2.05, 4.69) is 12.2 Å². The van der Waals surface area contributed by atoms with Gasteiger partial charge in [0.15, 0.2) is 0 Å². The van der Waals surface area contributed by atoms with Gasteiger partial charge < -0.3 is 10.1 Å². The fraction of sp³-hybridized carbons (Fsp3) is 0.600. The normalized spacial score (nSPS) is 13.6. The van der Waals surface area contributed by atoms with E-state index in [1.54, 1.807) is 12.1 Å². The molecule has 0 aliphatic heterocycles. The van der Waals surface area contributed by atoms with Crippen molar-refractivity contribution in [1.82, 2.24) is 9.62 Å². The highest BCUT2D eigenvalue weighted by Crippen LogP contribution is 2.18. The molecule has 1 rings (SSSR count). The van der Waals surface area contributed by atoms with E-state index in [0.29, 0.717) is 4.90 Å². The third-order valence-electron chi connectivity index (χ3n) is 3.28. The Morgan fingerprint density at radius 1 is 1.24 bits per heavy atom.